The van der Waals surface area contributed by atoms with Crippen molar-refractivity contribution < 1.29 is 4.74 Å². The van der Waals surface area contributed by atoms with Gasteiger partial charge in [-0.3, -0.25) is 0 Å². The number of hydrogen-bond donors (Lipinski definition) is 1. The summed E-state index contributed by atoms with van der Waals surface area (Å²) in [6.45, 7) is 2.38. The van der Waals surface area contributed by atoms with Gasteiger partial charge >= 0.3 is 0 Å². The van der Waals surface area contributed by atoms with Crippen LogP contribution < -0.4 is 10.5 Å². The maximum absolute atomic E-state index is 6.29. The number of hydrogen-bond acceptors (Lipinski definition) is 3. The van der Waals surface area contributed by atoms with Crippen molar-refractivity contribution in [2.45, 2.75) is 24.7 Å². The Morgan fingerprint density at radius 2 is 2.21 bits per heavy atom. The van der Waals surface area contributed by atoms with E-state index in [1.165, 1.54) is 5.56 Å². The van der Waals surface area contributed by atoms with Crippen LogP contribution in [-0.2, 0) is 5.41 Å². The Morgan fingerprint density at radius 3 is 2.89 bits per heavy atom. The standard InChI is InChI=1S/C15H23ClN2O/c1-18(2)9-8-15(11-17)7-4-10-19-14-12(15)5-3-6-13(14)16/h3,5-6H,4,7-11,17H2,1-2H3. The quantitative estimate of drug-likeness (QED) is 0.923. The lowest BCUT2D eigenvalue weighted by molar-refractivity contribution is 0.291. The van der Waals surface area contributed by atoms with Gasteiger partial charge < -0.3 is 15.4 Å². The Balaban J connectivity index is 2.40. The first-order valence-electron chi connectivity index (χ1n) is 6.86. The van der Waals surface area contributed by atoms with Crippen molar-refractivity contribution in [1.29, 1.82) is 0 Å². The summed E-state index contributed by atoms with van der Waals surface area (Å²) in [6.07, 6.45) is 3.12. The van der Waals surface area contributed by atoms with E-state index in [1.54, 1.807) is 0 Å². The van der Waals surface area contributed by atoms with Crippen LogP contribution in [0.4, 0.5) is 0 Å². The van der Waals surface area contributed by atoms with Crippen molar-refractivity contribution in [2.24, 2.45) is 5.73 Å². The third kappa shape index (κ3) is 3.04. The van der Waals surface area contributed by atoms with Crippen LogP contribution in [0.1, 0.15) is 24.8 Å². The largest absolute Gasteiger partial charge is 0.492 e. The zero-order valence-electron chi connectivity index (χ0n) is 11.8. The van der Waals surface area contributed by atoms with Crippen molar-refractivity contribution in [3.05, 3.63) is 28.8 Å². The highest BCUT2D eigenvalue weighted by molar-refractivity contribution is 6.32. The zero-order chi connectivity index (χ0) is 13.9. The molecule has 0 bridgehead atoms. The Hall–Kier alpha value is -0.770. The van der Waals surface area contributed by atoms with Crippen molar-refractivity contribution in [3.63, 3.8) is 0 Å². The van der Waals surface area contributed by atoms with Crippen molar-refractivity contribution in [1.82, 2.24) is 4.90 Å². The summed E-state index contributed by atoms with van der Waals surface area (Å²) in [5, 5.41) is 0.696. The molecule has 1 atom stereocenters. The molecule has 0 radical (unpaired) electrons. The van der Waals surface area contributed by atoms with Crippen LogP contribution in [0.15, 0.2) is 18.2 Å². The summed E-state index contributed by atoms with van der Waals surface area (Å²) in [5.41, 5.74) is 7.31. The molecule has 1 unspecified atom stereocenters. The van der Waals surface area contributed by atoms with Crippen molar-refractivity contribution >= 4 is 11.6 Å². The van der Waals surface area contributed by atoms with Crippen LogP contribution in [0.25, 0.3) is 0 Å². The van der Waals surface area contributed by atoms with Crippen molar-refractivity contribution in [3.8, 4) is 5.75 Å². The molecule has 0 spiro atoms. The van der Waals surface area contributed by atoms with Gasteiger partial charge in [-0.1, -0.05) is 23.7 Å². The summed E-state index contributed by atoms with van der Waals surface area (Å²) in [4.78, 5) is 2.20. The average molecular weight is 283 g/mol. The SMILES string of the molecule is CN(C)CCC1(CN)CCCOc2c(Cl)cccc21. The highest BCUT2D eigenvalue weighted by Crippen LogP contribution is 2.43. The normalized spacial score (nSPS) is 22.8. The van der Waals surface area contributed by atoms with E-state index in [4.69, 9.17) is 22.1 Å². The minimum atomic E-state index is -0.0129. The molecule has 1 heterocycles. The molecular weight excluding hydrogens is 260 g/mol. The number of halogens is 1. The number of benzene rings is 1. The average Bonchev–Trinajstić information content (AvgIpc) is 2.58. The van der Waals surface area contributed by atoms with Crippen molar-refractivity contribution in [2.75, 3.05) is 33.8 Å². The Bertz CT molecular complexity index is 436. The van der Waals surface area contributed by atoms with Gasteiger partial charge in [0.15, 0.2) is 0 Å². The Labute approximate surface area is 120 Å². The number of fused-ring (bicyclic) bond motifs is 1. The minimum absolute atomic E-state index is 0.0129. The Morgan fingerprint density at radius 1 is 1.42 bits per heavy atom. The van der Waals surface area contributed by atoms with Crippen LogP contribution in [0, 0.1) is 0 Å². The fourth-order valence-electron chi connectivity index (χ4n) is 2.80. The number of nitrogens with zero attached hydrogens (tertiary/aromatic N) is 1. The molecule has 3 nitrogen and oxygen atoms in total. The van der Waals surface area contributed by atoms with Gasteiger partial charge in [0.1, 0.15) is 5.75 Å². The van der Waals surface area contributed by atoms with Crippen LogP contribution in [-0.4, -0.2) is 38.7 Å². The summed E-state index contributed by atoms with van der Waals surface area (Å²) in [5.74, 6) is 0.839. The summed E-state index contributed by atoms with van der Waals surface area (Å²) < 4.78 is 5.84. The van der Waals surface area contributed by atoms with E-state index in [2.05, 4.69) is 25.1 Å². The van der Waals surface area contributed by atoms with Gasteiger partial charge in [-0.05, 0) is 46.0 Å². The lowest BCUT2D eigenvalue weighted by Gasteiger charge is -2.33. The predicted octanol–water partition coefficient (Wildman–Crippen LogP) is 2.66. The van der Waals surface area contributed by atoms with Gasteiger partial charge in [-0.2, -0.15) is 0 Å². The van der Waals surface area contributed by atoms with Gasteiger partial charge in [0.25, 0.3) is 0 Å². The fourth-order valence-corrected chi connectivity index (χ4v) is 3.03. The molecule has 19 heavy (non-hydrogen) atoms. The summed E-state index contributed by atoms with van der Waals surface area (Å²) >= 11 is 6.29. The summed E-state index contributed by atoms with van der Waals surface area (Å²) in [6, 6.07) is 6.00. The molecule has 4 heteroatoms. The Kier molecular flexibility index (Phi) is 4.71. The number of para-hydroxylation sites is 1. The first-order chi connectivity index (χ1) is 9.09. The third-order valence-corrected chi connectivity index (χ3v) is 4.31. The topological polar surface area (TPSA) is 38.5 Å². The smallest absolute Gasteiger partial charge is 0.141 e. The first kappa shape index (κ1) is 14.6. The molecule has 1 aromatic rings. The minimum Gasteiger partial charge on any atom is -0.492 e. The maximum atomic E-state index is 6.29. The second kappa shape index (κ2) is 6.12. The molecule has 0 amide bonds. The second-order valence-corrected chi connectivity index (χ2v) is 6.01. The lowest BCUT2D eigenvalue weighted by atomic mass is 9.74. The van der Waals surface area contributed by atoms with E-state index in [-0.39, 0.29) is 5.41 Å². The fraction of sp³-hybridized carbons (Fsp3) is 0.600. The van der Waals surface area contributed by atoms with E-state index in [1.807, 2.05) is 12.1 Å². The van der Waals surface area contributed by atoms with E-state index in [9.17, 15) is 0 Å². The number of ether oxygens (including phenoxy) is 1. The highest BCUT2D eigenvalue weighted by Gasteiger charge is 2.35. The molecule has 2 N–H and O–H groups in total. The number of nitrogens with two attached hydrogens (primary N) is 1. The molecule has 0 aliphatic carbocycles. The number of rotatable bonds is 4. The summed E-state index contributed by atoms with van der Waals surface area (Å²) in [7, 11) is 4.19. The molecule has 1 aliphatic heterocycles. The maximum Gasteiger partial charge on any atom is 0.141 e. The van der Waals surface area contributed by atoms with Crippen LogP contribution in [0.5, 0.6) is 5.75 Å². The van der Waals surface area contributed by atoms with Crippen LogP contribution >= 0.6 is 11.6 Å². The highest BCUT2D eigenvalue weighted by atomic mass is 35.5. The van der Waals surface area contributed by atoms with Gasteiger partial charge in [-0.25, -0.2) is 0 Å². The third-order valence-electron chi connectivity index (χ3n) is 4.01. The molecule has 1 aliphatic rings. The van der Waals surface area contributed by atoms with Crippen LogP contribution in [0.3, 0.4) is 0 Å². The molecular formula is C15H23ClN2O. The van der Waals surface area contributed by atoms with E-state index >= 15 is 0 Å². The monoisotopic (exact) mass is 282 g/mol. The molecule has 106 valence electrons. The van der Waals surface area contributed by atoms with Gasteiger partial charge in [0.05, 0.1) is 11.6 Å². The predicted molar refractivity (Wildman–Crippen MR) is 80.1 cm³/mol. The lowest BCUT2D eigenvalue weighted by Crippen LogP contribution is -2.37. The van der Waals surface area contributed by atoms with E-state index in [0.717, 1.165) is 38.2 Å². The molecule has 0 saturated heterocycles. The van der Waals surface area contributed by atoms with Gasteiger partial charge in [0.2, 0.25) is 0 Å². The zero-order valence-corrected chi connectivity index (χ0v) is 12.5. The van der Waals surface area contributed by atoms with Gasteiger partial charge in [0, 0.05) is 17.5 Å². The molecule has 0 fully saturated rings. The molecule has 1 aromatic carbocycles. The molecule has 0 saturated carbocycles. The second-order valence-electron chi connectivity index (χ2n) is 5.61. The van der Waals surface area contributed by atoms with Gasteiger partial charge in [-0.15, -0.1) is 0 Å². The molecule has 2 rings (SSSR count). The van der Waals surface area contributed by atoms with Crippen LogP contribution in [0.2, 0.25) is 5.02 Å². The van der Waals surface area contributed by atoms with E-state index < -0.39 is 0 Å². The first-order valence-corrected chi connectivity index (χ1v) is 7.23. The van der Waals surface area contributed by atoms with E-state index in [0.29, 0.717) is 11.6 Å². The molecule has 0 aromatic heterocycles.